The summed E-state index contributed by atoms with van der Waals surface area (Å²) in [7, 11) is 0. The lowest BCUT2D eigenvalue weighted by molar-refractivity contribution is 1.36. The zero-order valence-corrected chi connectivity index (χ0v) is 9.67. The van der Waals surface area contributed by atoms with Gasteiger partial charge in [0.25, 0.3) is 0 Å². The summed E-state index contributed by atoms with van der Waals surface area (Å²) in [6.45, 7) is 0. The third kappa shape index (κ3) is 1.17. The molecule has 0 fully saturated rings. The first-order chi connectivity index (χ1) is 8.95. The van der Waals surface area contributed by atoms with Crippen LogP contribution in [0.1, 0.15) is 0 Å². The van der Waals surface area contributed by atoms with Gasteiger partial charge < -0.3 is 0 Å². The zero-order valence-electron chi connectivity index (χ0n) is 9.67. The molecule has 2 aromatic heterocycles. The van der Waals surface area contributed by atoms with E-state index in [1.807, 2.05) is 24.8 Å². The minimum Gasteiger partial charge on any atom is -0.264 e. The second-order valence-electron chi connectivity index (χ2n) is 4.39. The SMILES string of the molecule is c1ccc2c(c1)c1cnccc1c1ccncc21. The molecule has 0 radical (unpaired) electrons. The molecule has 0 aliphatic rings. The van der Waals surface area contributed by atoms with Gasteiger partial charge in [0, 0.05) is 35.6 Å². The number of rotatable bonds is 0. The first-order valence-electron chi connectivity index (χ1n) is 5.93. The Labute approximate surface area is 104 Å². The van der Waals surface area contributed by atoms with Gasteiger partial charge in [-0.2, -0.15) is 0 Å². The van der Waals surface area contributed by atoms with Gasteiger partial charge in [0.15, 0.2) is 0 Å². The van der Waals surface area contributed by atoms with Crippen LogP contribution in [0, 0.1) is 0 Å². The molecule has 0 saturated heterocycles. The topological polar surface area (TPSA) is 25.8 Å². The quantitative estimate of drug-likeness (QED) is 0.428. The average molecular weight is 230 g/mol. The van der Waals surface area contributed by atoms with Crippen LogP contribution in [0.25, 0.3) is 32.3 Å². The fourth-order valence-corrected chi connectivity index (χ4v) is 2.64. The van der Waals surface area contributed by atoms with Crippen LogP contribution in [0.2, 0.25) is 0 Å². The minimum absolute atomic E-state index is 1.20. The summed E-state index contributed by atoms with van der Waals surface area (Å²) in [5.74, 6) is 0. The van der Waals surface area contributed by atoms with E-state index in [1.54, 1.807) is 0 Å². The fraction of sp³-hybridized carbons (Fsp3) is 0. The maximum atomic E-state index is 4.25. The third-order valence-corrected chi connectivity index (χ3v) is 3.44. The molecule has 2 heterocycles. The molecule has 2 heteroatoms. The summed E-state index contributed by atoms with van der Waals surface area (Å²) in [5, 5.41) is 7.35. The van der Waals surface area contributed by atoms with Crippen LogP contribution in [0.4, 0.5) is 0 Å². The van der Waals surface area contributed by atoms with Crippen molar-refractivity contribution in [2.24, 2.45) is 0 Å². The average Bonchev–Trinajstić information content (AvgIpc) is 2.48. The van der Waals surface area contributed by atoms with Crippen molar-refractivity contribution in [2.75, 3.05) is 0 Å². The summed E-state index contributed by atoms with van der Waals surface area (Å²) in [4.78, 5) is 8.51. The molecule has 84 valence electrons. The Morgan fingerprint density at radius 2 is 0.944 bits per heavy atom. The van der Waals surface area contributed by atoms with E-state index in [9.17, 15) is 0 Å². The van der Waals surface area contributed by atoms with Gasteiger partial charge in [-0.1, -0.05) is 24.3 Å². The highest BCUT2D eigenvalue weighted by molar-refractivity contribution is 6.24. The van der Waals surface area contributed by atoms with Crippen LogP contribution in [-0.2, 0) is 0 Å². The predicted molar refractivity (Wildman–Crippen MR) is 74.6 cm³/mol. The summed E-state index contributed by atoms with van der Waals surface area (Å²) in [6.07, 6.45) is 7.57. The predicted octanol–water partition coefficient (Wildman–Crippen LogP) is 3.94. The summed E-state index contributed by atoms with van der Waals surface area (Å²) >= 11 is 0. The Kier molecular flexibility index (Phi) is 1.86. The molecule has 0 saturated carbocycles. The maximum Gasteiger partial charge on any atom is 0.0352 e. The van der Waals surface area contributed by atoms with Gasteiger partial charge >= 0.3 is 0 Å². The van der Waals surface area contributed by atoms with E-state index < -0.39 is 0 Å². The molecule has 0 N–H and O–H groups in total. The number of fused-ring (bicyclic) bond motifs is 6. The van der Waals surface area contributed by atoms with Crippen LogP contribution in [0.3, 0.4) is 0 Å². The van der Waals surface area contributed by atoms with Crippen molar-refractivity contribution in [3.63, 3.8) is 0 Å². The molecule has 0 bridgehead atoms. The Morgan fingerprint density at radius 1 is 0.500 bits per heavy atom. The van der Waals surface area contributed by atoms with Crippen LogP contribution in [0.5, 0.6) is 0 Å². The molecule has 0 atom stereocenters. The smallest absolute Gasteiger partial charge is 0.0352 e. The van der Waals surface area contributed by atoms with Crippen LogP contribution < -0.4 is 0 Å². The molecule has 0 spiro atoms. The number of hydrogen-bond donors (Lipinski definition) is 0. The summed E-state index contributed by atoms with van der Waals surface area (Å²) in [5.41, 5.74) is 0. The van der Waals surface area contributed by atoms with E-state index in [0.717, 1.165) is 0 Å². The van der Waals surface area contributed by atoms with Crippen LogP contribution in [-0.4, -0.2) is 9.97 Å². The van der Waals surface area contributed by atoms with Crippen molar-refractivity contribution in [3.8, 4) is 0 Å². The Morgan fingerprint density at radius 3 is 1.44 bits per heavy atom. The van der Waals surface area contributed by atoms with E-state index in [1.165, 1.54) is 32.3 Å². The second kappa shape index (κ2) is 3.50. The van der Waals surface area contributed by atoms with Crippen molar-refractivity contribution < 1.29 is 0 Å². The molecule has 2 nitrogen and oxygen atoms in total. The number of pyridine rings is 2. The monoisotopic (exact) mass is 230 g/mol. The number of aromatic nitrogens is 2. The molecule has 0 aliphatic carbocycles. The normalized spacial score (nSPS) is 11.3. The molecule has 0 unspecified atom stereocenters. The summed E-state index contributed by atoms with van der Waals surface area (Å²) < 4.78 is 0. The maximum absolute atomic E-state index is 4.25. The first kappa shape index (κ1) is 9.54. The van der Waals surface area contributed by atoms with Crippen molar-refractivity contribution in [2.45, 2.75) is 0 Å². The number of nitrogens with zero attached hydrogens (tertiary/aromatic N) is 2. The van der Waals surface area contributed by atoms with E-state index in [4.69, 9.17) is 0 Å². The fourth-order valence-electron chi connectivity index (χ4n) is 2.64. The van der Waals surface area contributed by atoms with E-state index in [2.05, 4.69) is 46.4 Å². The lowest BCUT2D eigenvalue weighted by atomic mass is 9.97. The lowest BCUT2D eigenvalue weighted by Gasteiger charge is -2.08. The van der Waals surface area contributed by atoms with Crippen molar-refractivity contribution in [1.82, 2.24) is 9.97 Å². The number of hydrogen-bond acceptors (Lipinski definition) is 2. The molecule has 4 aromatic rings. The third-order valence-electron chi connectivity index (χ3n) is 3.44. The van der Waals surface area contributed by atoms with Crippen molar-refractivity contribution in [3.05, 3.63) is 61.2 Å². The highest BCUT2D eigenvalue weighted by Gasteiger charge is 2.07. The van der Waals surface area contributed by atoms with Gasteiger partial charge in [0.1, 0.15) is 0 Å². The van der Waals surface area contributed by atoms with Gasteiger partial charge in [0.2, 0.25) is 0 Å². The second-order valence-corrected chi connectivity index (χ2v) is 4.39. The highest BCUT2D eigenvalue weighted by Crippen LogP contribution is 2.33. The van der Waals surface area contributed by atoms with Crippen LogP contribution in [0.15, 0.2) is 61.2 Å². The van der Waals surface area contributed by atoms with E-state index >= 15 is 0 Å². The number of benzene rings is 2. The lowest BCUT2D eigenvalue weighted by Crippen LogP contribution is -1.84. The molecular weight excluding hydrogens is 220 g/mol. The minimum atomic E-state index is 1.20. The Hall–Kier alpha value is -2.48. The Balaban J connectivity index is 2.46. The Bertz CT molecular complexity index is 661. The first-order valence-corrected chi connectivity index (χ1v) is 5.93. The van der Waals surface area contributed by atoms with Gasteiger partial charge in [-0.25, -0.2) is 0 Å². The van der Waals surface area contributed by atoms with Gasteiger partial charge in [-0.3, -0.25) is 9.97 Å². The van der Waals surface area contributed by atoms with Gasteiger partial charge in [-0.15, -0.1) is 0 Å². The van der Waals surface area contributed by atoms with Crippen molar-refractivity contribution >= 4 is 32.3 Å². The molecule has 18 heavy (non-hydrogen) atoms. The van der Waals surface area contributed by atoms with Crippen molar-refractivity contribution in [1.29, 1.82) is 0 Å². The summed E-state index contributed by atoms with van der Waals surface area (Å²) in [6, 6.07) is 12.6. The zero-order chi connectivity index (χ0) is 11.9. The highest BCUT2D eigenvalue weighted by atomic mass is 14.6. The molecule has 0 aliphatic heterocycles. The van der Waals surface area contributed by atoms with E-state index in [-0.39, 0.29) is 0 Å². The molecule has 4 rings (SSSR count). The van der Waals surface area contributed by atoms with E-state index in [0.29, 0.717) is 0 Å². The standard InChI is InChI=1S/C16H10N2/c1-2-4-12-11(3-1)15-9-17-7-5-13(15)14-6-8-18-10-16(12)14/h1-10H. The van der Waals surface area contributed by atoms with Crippen LogP contribution >= 0.6 is 0 Å². The molecule has 0 amide bonds. The molecular formula is C16H10N2. The van der Waals surface area contributed by atoms with Gasteiger partial charge in [0.05, 0.1) is 0 Å². The molecule has 2 aromatic carbocycles. The largest absolute Gasteiger partial charge is 0.264 e. The van der Waals surface area contributed by atoms with Gasteiger partial charge in [-0.05, 0) is 33.7 Å².